The molecule has 0 aromatic heterocycles. The van der Waals surface area contributed by atoms with Crippen molar-refractivity contribution < 1.29 is 14.3 Å². The van der Waals surface area contributed by atoms with Gasteiger partial charge in [0.2, 0.25) is 0 Å². The lowest BCUT2D eigenvalue weighted by molar-refractivity contribution is -0.156. The summed E-state index contributed by atoms with van der Waals surface area (Å²) in [6.45, 7) is 1.86. The Hall–Kier alpha value is -1.12. The second kappa shape index (κ2) is 1.86. The zero-order chi connectivity index (χ0) is 9.22. The van der Waals surface area contributed by atoms with Crippen molar-refractivity contribution in [2.24, 2.45) is 23.2 Å². The van der Waals surface area contributed by atoms with Crippen LogP contribution in [-0.4, -0.2) is 11.9 Å². The van der Waals surface area contributed by atoms with E-state index in [1.807, 2.05) is 6.92 Å². The second-order valence-corrected chi connectivity index (χ2v) is 4.36. The van der Waals surface area contributed by atoms with Crippen molar-refractivity contribution >= 4 is 11.9 Å². The molecule has 0 amide bonds. The van der Waals surface area contributed by atoms with Gasteiger partial charge in [0.15, 0.2) is 0 Å². The van der Waals surface area contributed by atoms with Crippen LogP contribution in [0.2, 0.25) is 0 Å². The van der Waals surface area contributed by atoms with Crippen LogP contribution in [0.1, 0.15) is 13.3 Å². The molecule has 0 spiro atoms. The van der Waals surface area contributed by atoms with E-state index in [9.17, 15) is 9.59 Å². The fraction of sp³-hybridized carbons (Fsp3) is 0.600. The van der Waals surface area contributed by atoms with E-state index in [-0.39, 0.29) is 29.7 Å². The molecule has 3 rings (SSSR count). The monoisotopic (exact) mass is 178 g/mol. The van der Waals surface area contributed by atoms with Crippen molar-refractivity contribution in [3.8, 4) is 0 Å². The first-order valence-corrected chi connectivity index (χ1v) is 4.58. The zero-order valence-electron chi connectivity index (χ0n) is 7.32. The quantitative estimate of drug-likeness (QED) is 0.314. The van der Waals surface area contributed by atoms with Gasteiger partial charge in [-0.2, -0.15) is 0 Å². The largest absolute Gasteiger partial charge is 0.392 e. The minimum atomic E-state index is -0.545. The van der Waals surface area contributed by atoms with E-state index in [1.165, 1.54) is 0 Å². The van der Waals surface area contributed by atoms with Crippen LogP contribution in [0.15, 0.2) is 12.2 Å². The molecule has 3 heteroatoms. The number of allylic oxidation sites excluding steroid dienone is 2. The molecule has 68 valence electrons. The molecular weight excluding hydrogens is 168 g/mol. The third kappa shape index (κ3) is 0.598. The molecule has 13 heavy (non-hydrogen) atoms. The Balaban J connectivity index is 2.17. The molecule has 0 unspecified atom stereocenters. The van der Waals surface area contributed by atoms with Crippen LogP contribution in [0.25, 0.3) is 0 Å². The molecule has 1 saturated carbocycles. The molecule has 4 atom stereocenters. The van der Waals surface area contributed by atoms with E-state index in [0.717, 1.165) is 6.42 Å². The SMILES string of the molecule is C[C@@]12C(=O)OC(=O)[C@@H]1[C@H]1C=C[C@@H]2C1. The van der Waals surface area contributed by atoms with Gasteiger partial charge in [-0.1, -0.05) is 12.2 Å². The van der Waals surface area contributed by atoms with Crippen LogP contribution < -0.4 is 0 Å². The second-order valence-electron chi connectivity index (χ2n) is 4.36. The topological polar surface area (TPSA) is 43.4 Å². The Kier molecular flexibility index (Phi) is 1.05. The molecule has 0 radical (unpaired) electrons. The maximum atomic E-state index is 11.5. The van der Waals surface area contributed by atoms with Crippen molar-refractivity contribution in [1.29, 1.82) is 0 Å². The summed E-state index contributed by atoms with van der Waals surface area (Å²) in [7, 11) is 0. The summed E-state index contributed by atoms with van der Waals surface area (Å²) >= 11 is 0. The van der Waals surface area contributed by atoms with Gasteiger partial charge in [-0.05, 0) is 25.2 Å². The molecule has 3 nitrogen and oxygen atoms in total. The van der Waals surface area contributed by atoms with Crippen LogP contribution in [0.5, 0.6) is 0 Å². The summed E-state index contributed by atoms with van der Waals surface area (Å²) in [5, 5.41) is 0. The van der Waals surface area contributed by atoms with E-state index in [1.54, 1.807) is 0 Å². The summed E-state index contributed by atoms with van der Waals surface area (Å²) in [5.41, 5.74) is -0.545. The first-order valence-electron chi connectivity index (χ1n) is 4.58. The van der Waals surface area contributed by atoms with Crippen molar-refractivity contribution in [2.75, 3.05) is 0 Å². The molecular formula is C10H10O3. The van der Waals surface area contributed by atoms with Gasteiger partial charge in [0, 0.05) is 0 Å². The number of cyclic esters (lactones) is 2. The molecule has 0 aromatic rings. The number of ether oxygens (including phenoxy) is 1. The summed E-state index contributed by atoms with van der Waals surface area (Å²) in [5.74, 6) is -0.367. The molecule has 0 N–H and O–H groups in total. The van der Waals surface area contributed by atoms with E-state index in [2.05, 4.69) is 12.2 Å². The molecule has 0 aromatic carbocycles. The fourth-order valence-electron chi connectivity index (χ4n) is 3.06. The number of hydrogen-bond donors (Lipinski definition) is 0. The minimum Gasteiger partial charge on any atom is -0.392 e. The van der Waals surface area contributed by atoms with Crippen molar-refractivity contribution in [3.63, 3.8) is 0 Å². The van der Waals surface area contributed by atoms with Gasteiger partial charge < -0.3 is 4.74 Å². The number of carbonyl (C=O) groups excluding carboxylic acids is 2. The molecule has 2 aliphatic carbocycles. The lowest BCUT2D eigenvalue weighted by Crippen LogP contribution is -2.34. The van der Waals surface area contributed by atoms with Crippen LogP contribution in [0.4, 0.5) is 0 Å². The molecule has 1 heterocycles. The maximum absolute atomic E-state index is 11.5. The summed E-state index contributed by atoms with van der Waals surface area (Å²) < 4.78 is 4.69. The molecule has 1 aliphatic heterocycles. The minimum absolute atomic E-state index is 0.199. The lowest BCUT2D eigenvalue weighted by Gasteiger charge is -2.25. The smallest absolute Gasteiger partial charge is 0.320 e. The van der Waals surface area contributed by atoms with Crippen molar-refractivity contribution in [1.82, 2.24) is 0 Å². The van der Waals surface area contributed by atoms with E-state index in [4.69, 9.17) is 4.74 Å². The lowest BCUT2D eigenvalue weighted by atomic mass is 9.72. The van der Waals surface area contributed by atoms with Gasteiger partial charge in [-0.25, -0.2) is 0 Å². The standard InChI is InChI=1S/C10H10O3/c1-10-6-3-2-5(4-6)7(10)8(11)13-9(10)12/h2-3,5-7H,4H2,1H3/t5-,6+,7-,10-/m0/s1. The third-order valence-electron chi connectivity index (χ3n) is 3.85. The Morgan fingerprint density at radius 1 is 1.46 bits per heavy atom. The highest BCUT2D eigenvalue weighted by Crippen LogP contribution is 2.59. The normalized spacial score (nSPS) is 51.3. The van der Waals surface area contributed by atoms with E-state index >= 15 is 0 Å². The average molecular weight is 178 g/mol. The zero-order valence-corrected chi connectivity index (χ0v) is 7.32. The van der Waals surface area contributed by atoms with Gasteiger partial charge in [-0.3, -0.25) is 9.59 Å². The van der Waals surface area contributed by atoms with Crippen LogP contribution in [0.3, 0.4) is 0 Å². The Morgan fingerprint density at radius 3 is 2.92 bits per heavy atom. The summed E-state index contributed by atoms with van der Waals surface area (Å²) in [4.78, 5) is 22.9. The first kappa shape index (κ1) is 7.30. The highest BCUT2D eigenvalue weighted by atomic mass is 16.6. The molecule has 3 aliphatic rings. The highest BCUT2D eigenvalue weighted by Gasteiger charge is 2.66. The van der Waals surface area contributed by atoms with Crippen molar-refractivity contribution in [2.45, 2.75) is 13.3 Å². The van der Waals surface area contributed by atoms with Gasteiger partial charge in [0.25, 0.3) is 0 Å². The van der Waals surface area contributed by atoms with Crippen molar-refractivity contribution in [3.05, 3.63) is 12.2 Å². The molecule has 2 bridgehead atoms. The van der Waals surface area contributed by atoms with Gasteiger partial charge >= 0.3 is 11.9 Å². The maximum Gasteiger partial charge on any atom is 0.320 e. The number of fused-ring (bicyclic) bond motifs is 5. The molecule has 2 fully saturated rings. The summed E-state index contributed by atoms with van der Waals surface area (Å²) in [6.07, 6.45) is 5.06. The molecule has 1 saturated heterocycles. The summed E-state index contributed by atoms with van der Waals surface area (Å²) in [6, 6.07) is 0. The Labute approximate surface area is 75.8 Å². The average Bonchev–Trinajstić information content (AvgIpc) is 2.66. The van der Waals surface area contributed by atoms with Crippen LogP contribution in [-0.2, 0) is 14.3 Å². The Bertz CT molecular complexity index is 344. The predicted molar refractivity (Wildman–Crippen MR) is 43.4 cm³/mol. The van der Waals surface area contributed by atoms with Gasteiger partial charge in [0.1, 0.15) is 0 Å². The number of esters is 2. The fourth-order valence-corrected chi connectivity index (χ4v) is 3.06. The van der Waals surface area contributed by atoms with Gasteiger partial charge in [0.05, 0.1) is 11.3 Å². The highest BCUT2D eigenvalue weighted by molar-refractivity contribution is 6.00. The third-order valence-corrected chi connectivity index (χ3v) is 3.85. The van der Waals surface area contributed by atoms with Crippen LogP contribution in [0, 0.1) is 23.2 Å². The van der Waals surface area contributed by atoms with E-state index in [0.29, 0.717) is 0 Å². The number of carbonyl (C=O) groups is 2. The van der Waals surface area contributed by atoms with Gasteiger partial charge in [-0.15, -0.1) is 0 Å². The van der Waals surface area contributed by atoms with E-state index < -0.39 is 5.41 Å². The first-order chi connectivity index (χ1) is 6.14. The van der Waals surface area contributed by atoms with Crippen LogP contribution >= 0.6 is 0 Å². The Morgan fingerprint density at radius 2 is 2.23 bits per heavy atom. The number of hydrogen-bond acceptors (Lipinski definition) is 3. The predicted octanol–water partition coefficient (Wildman–Crippen LogP) is 0.898. The number of rotatable bonds is 0.